The number of fused-ring (bicyclic) bond motifs is 1. The van der Waals surface area contributed by atoms with Gasteiger partial charge in [-0.1, -0.05) is 48.0 Å². The number of urea groups is 1. The zero-order valence-electron chi connectivity index (χ0n) is 13.1. The highest BCUT2D eigenvalue weighted by atomic mass is 32.1. The second-order valence-electron chi connectivity index (χ2n) is 5.61. The first-order valence-corrected chi connectivity index (χ1v) is 8.63. The summed E-state index contributed by atoms with van der Waals surface area (Å²) in [6.07, 6.45) is 0.849. The van der Waals surface area contributed by atoms with Crippen LogP contribution in [0.4, 0.5) is 4.79 Å². The lowest BCUT2D eigenvalue weighted by molar-refractivity contribution is 0.240. The molecule has 0 radical (unpaired) electrons. The van der Waals surface area contributed by atoms with E-state index in [0.29, 0.717) is 13.1 Å². The van der Waals surface area contributed by atoms with Gasteiger partial charge in [0.05, 0.1) is 0 Å². The van der Waals surface area contributed by atoms with Gasteiger partial charge in [0, 0.05) is 17.8 Å². The third-order valence-corrected chi connectivity index (χ3v) is 4.79. The van der Waals surface area contributed by atoms with Crippen LogP contribution in [0.2, 0.25) is 0 Å². The highest BCUT2D eigenvalue weighted by Crippen LogP contribution is 2.25. The maximum absolute atomic E-state index is 11.9. The third-order valence-electron chi connectivity index (χ3n) is 3.78. The minimum Gasteiger partial charge on any atom is -0.338 e. The van der Waals surface area contributed by atoms with Crippen LogP contribution in [-0.4, -0.2) is 12.6 Å². The van der Waals surface area contributed by atoms with Crippen LogP contribution in [0.1, 0.15) is 16.7 Å². The maximum Gasteiger partial charge on any atom is 0.315 e. The summed E-state index contributed by atoms with van der Waals surface area (Å²) in [5, 5.41) is 9.29. The van der Waals surface area contributed by atoms with Crippen molar-refractivity contribution in [1.29, 1.82) is 0 Å². The first-order chi connectivity index (χ1) is 11.2. The fourth-order valence-corrected chi connectivity index (χ4v) is 3.60. The van der Waals surface area contributed by atoms with Crippen molar-refractivity contribution in [2.24, 2.45) is 0 Å². The lowest BCUT2D eigenvalue weighted by Gasteiger charge is -2.08. The van der Waals surface area contributed by atoms with E-state index in [4.69, 9.17) is 0 Å². The van der Waals surface area contributed by atoms with Gasteiger partial charge in [-0.25, -0.2) is 4.79 Å². The largest absolute Gasteiger partial charge is 0.338 e. The van der Waals surface area contributed by atoms with Crippen molar-refractivity contribution in [2.75, 3.05) is 6.54 Å². The van der Waals surface area contributed by atoms with Crippen LogP contribution in [0.3, 0.4) is 0 Å². The minimum atomic E-state index is -0.119. The van der Waals surface area contributed by atoms with Crippen LogP contribution >= 0.6 is 11.3 Å². The average Bonchev–Trinajstić information content (AvgIpc) is 2.97. The predicted octanol–water partition coefficient (Wildman–Crippen LogP) is 4.25. The monoisotopic (exact) mass is 324 g/mol. The summed E-state index contributed by atoms with van der Waals surface area (Å²) in [6, 6.07) is 16.4. The lowest BCUT2D eigenvalue weighted by Crippen LogP contribution is -2.36. The summed E-state index contributed by atoms with van der Waals surface area (Å²) in [5.74, 6) is 0. The molecule has 23 heavy (non-hydrogen) atoms. The first-order valence-electron chi connectivity index (χ1n) is 7.75. The SMILES string of the molecule is Cc1cccc(CNC(=O)NCCc2csc3ccccc23)c1. The average molecular weight is 324 g/mol. The van der Waals surface area contributed by atoms with E-state index >= 15 is 0 Å². The molecule has 3 aromatic rings. The summed E-state index contributed by atoms with van der Waals surface area (Å²) >= 11 is 1.75. The molecule has 0 fully saturated rings. The molecular weight excluding hydrogens is 304 g/mol. The molecule has 3 rings (SSSR count). The highest BCUT2D eigenvalue weighted by Gasteiger charge is 2.04. The number of nitrogens with one attached hydrogen (secondary N) is 2. The van der Waals surface area contributed by atoms with Crippen molar-refractivity contribution in [3.8, 4) is 0 Å². The normalized spacial score (nSPS) is 10.7. The van der Waals surface area contributed by atoms with Crippen molar-refractivity contribution in [3.05, 3.63) is 70.6 Å². The smallest absolute Gasteiger partial charge is 0.315 e. The van der Waals surface area contributed by atoms with Crippen molar-refractivity contribution in [1.82, 2.24) is 10.6 Å². The number of aryl methyl sites for hydroxylation is 1. The van der Waals surface area contributed by atoms with Crippen LogP contribution in [0.15, 0.2) is 53.9 Å². The number of benzene rings is 2. The lowest BCUT2D eigenvalue weighted by atomic mass is 10.1. The van der Waals surface area contributed by atoms with E-state index in [2.05, 4.69) is 59.3 Å². The van der Waals surface area contributed by atoms with Gasteiger partial charge in [0.1, 0.15) is 0 Å². The summed E-state index contributed by atoms with van der Waals surface area (Å²) < 4.78 is 1.30. The molecule has 0 unspecified atom stereocenters. The van der Waals surface area contributed by atoms with E-state index < -0.39 is 0 Å². The highest BCUT2D eigenvalue weighted by molar-refractivity contribution is 7.17. The van der Waals surface area contributed by atoms with Gasteiger partial charge < -0.3 is 10.6 Å². The molecule has 118 valence electrons. The number of hydrogen-bond acceptors (Lipinski definition) is 2. The van der Waals surface area contributed by atoms with E-state index in [9.17, 15) is 4.79 Å². The predicted molar refractivity (Wildman–Crippen MR) is 96.9 cm³/mol. The zero-order valence-corrected chi connectivity index (χ0v) is 14.0. The Morgan fingerprint density at radius 2 is 1.96 bits per heavy atom. The van der Waals surface area contributed by atoms with Crippen LogP contribution in [0, 0.1) is 6.92 Å². The molecule has 0 aliphatic rings. The molecule has 1 heterocycles. The Labute approximate surface area is 140 Å². The van der Waals surface area contributed by atoms with Crippen LogP contribution in [0.5, 0.6) is 0 Å². The maximum atomic E-state index is 11.9. The Morgan fingerprint density at radius 1 is 1.09 bits per heavy atom. The summed E-state index contributed by atoms with van der Waals surface area (Å²) in [7, 11) is 0. The fourth-order valence-electron chi connectivity index (χ4n) is 2.60. The van der Waals surface area contributed by atoms with Gasteiger partial charge in [-0.05, 0) is 41.3 Å². The second-order valence-corrected chi connectivity index (χ2v) is 6.52. The molecule has 0 saturated heterocycles. The molecule has 2 amide bonds. The van der Waals surface area contributed by atoms with Crippen molar-refractivity contribution in [2.45, 2.75) is 19.9 Å². The molecule has 0 atom stereocenters. The number of carbonyl (C=O) groups is 1. The van der Waals surface area contributed by atoms with Gasteiger partial charge in [-0.3, -0.25) is 0 Å². The molecule has 0 aliphatic heterocycles. The Bertz CT molecular complexity index is 810. The molecular formula is C19H20N2OS. The Balaban J connectivity index is 1.46. The fraction of sp³-hybridized carbons (Fsp3) is 0.211. The first kappa shape index (κ1) is 15.6. The summed E-state index contributed by atoms with van der Waals surface area (Å²) in [5.41, 5.74) is 3.61. The van der Waals surface area contributed by atoms with Gasteiger partial charge in [0.25, 0.3) is 0 Å². The van der Waals surface area contributed by atoms with Gasteiger partial charge >= 0.3 is 6.03 Å². The van der Waals surface area contributed by atoms with Crippen LogP contribution in [-0.2, 0) is 13.0 Å². The van der Waals surface area contributed by atoms with Crippen molar-refractivity contribution < 1.29 is 4.79 Å². The molecule has 2 aromatic carbocycles. The molecule has 4 heteroatoms. The summed E-state index contributed by atoms with van der Waals surface area (Å²) in [4.78, 5) is 11.9. The number of hydrogen-bond donors (Lipinski definition) is 2. The van der Waals surface area contributed by atoms with E-state index in [1.54, 1.807) is 11.3 Å². The Morgan fingerprint density at radius 3 is 2.83 bits per heavy atom. The molecule has 2 N–H and O–H groups in total. The van der Waals surface area contributed by atoms with Gasteiger partial charge in [-0.2, -0.15) is 0 Å². The number of carbonyl (C=O) groups excluding carboxylic acids is 1. The Hall–Kier alpha value is -2.33. The molecule has 3 nitrogen and oxygen atoms in total. The summed E-state index contributed by atoms with van der Waals surface area (Å²) in [6.45, 7) is 3.24. The van der Waals surface area contributed by atoms with E-state index in [1.807, 2.05) is 12.1 Å². The van der Waals surface area contributed by atoms with Gasteiger partial charge in [0.15, 0.2) is 0 Å². The van der Waals surface area contributed by atoms with Crippen LogP contribution < -0.4 is 10.6 Å². The Kier molecular flexibility index (Phi) is 4.93. The van der Waals surface area contributed by atoms with Crippen molar-refractivity contribution >= 4 is 27.5 Å². The van der Waals surface area contributed by atoms with E-state index in [1.165, 1.54) is 21.2 Å². The standard InChI is InChI=1S/C19H20N2OS/c1-14-5-4-6-15(11-14)12-21-19(22)20-10-9-16-13-23-18-8-3-2-7-17(16)18/h2-8,11,13H,9-10,12H2,1H3,(H2,20,21,22). The minimum absolute atomic E-state index is 0.119. The topological polar surface area (TPSA) is 41.1 Å². The van der Waals surface area contributed by atoms with E-state index in [-0.39, 0.29) is 6.03 Å². The molecule has 0 spiro atoms. The number of thiophene rings is 1. The van der Waals surface area contributed by atoms with Crippen LogP contribution in [0.25, 0.3) is 10.1 Å². The molecule has 1 aromatic heterocycles. The quantitative estimate of drug-likeness (QED) is 0.724. The molecule has 0 aliphatic carbocycles. The van der Waals surface area contributed by atoms with Gasteiger partial charge in [0.2, 0.25) is 0 Å². The van der Waals surface area contributed by atoms with Crippen molar-refractivity contribution in [3.63, 3.8) is 0 Å². The molecule has 0 saturated carbocycles. The molecule has 0 bridgehead atoms. The van der Waals surface area contributed by atoms with E-state index in [0.717, 1.165) is 12.0 Å². The third kappa shape index (κ3) is 4.11. The van der Waals surface area contributed by atoms with Gasteiger partial charge in [-0.15, -0.1) is 11.3 Å². The second kappa shape index (κ2) is 7.29. The zero-order chi connectivity index (χ0) is 16.1. The number of amides is 2. The number of rotatable bonds is 5.